The number of aryl methyl sites for hydroxylation is 1. The van der Waals surface area contributed by atoms with Crippen LogP contribution in [0.4, 0.5) is 0 Å². The molecule has 0 aliphatic carbocycles. The lowest BCUT2D eigenvalue weighted by Crippen LogP contribution is -2.06. The van der Waals surface area contributed by atoms with Crippen LogP contribution < -0.4 is 4.18 Å². The van der Waals surface area contributed by atoms with Gasteiger partial charge in [-0.05, 0) is 24.1 Å². The van der Waals surface area contributed by atoms with Crippen LogP contribution in [0.1, 0.15) is 18.9 Å². The van der Waals surface area contributed by atoms with Crippen LogP contribution >= 0.6 is 0 Å². The molecule has 0 aliphatic heterocycles. The zero-order valence-electron chi connectivity index (χ0n) is 7.80. The summed E-state index contributed by atoms with van der Waals surface area (Å²) in [6, 6.07) is 6.63. The summed E-state index contributed by atoms with van der Waals surface area (Å²) in [5, 5.41) is 0. The van der Waals surface area contributed by atoms with Crippen LogP contribution in [-0.4, -0.2) is 13.0 Å². The summed E-state index contributed by atoms with van der Waals surface area (Å²) in [7, 11) is -4.41. The van der Waals surface area contributed by atoms with Gasteiger partial charge in [-0.3, -0.25) is 4.55 Å². The van der Waals surface area contributed by atoms with Gasteiger partial charge in [0.2, 0.25) is 0 Å². The van der Waals surface area contributed by atoms with E-state index in [1.165, 1.54) is 6.07 Å². The van der Waals surface area contributed by atoms with Crippen LogP contribution in [-0.2, 0) is 16.8 Å². The van der Waals surface area contributed by atoms with Crippen LogP contribution in [0.15, 0.2) is 24.3 Å². The van der Waals surface area contributed by atoms with E-state index in [9.17, 15) is 8.42 Å². The van der Waals surface area contributed by atoms with Gasteiger partial charge in [0, 0.05) is 0 Å². The first-order valence-electron chi connectivity index (χ1n) is 4.27. The summed E-state index contributed by atoms with van der Waals surface area (Å²) in [5.41, 5.74) is 0.980. The number of hydrogen-bond donors (Lipinski definition) is 1. The van der Waals surface area contributed by atoms with Gasteiger partial charge in [0.05, 0.1) is 0 Å². The van der Waals surface area contributed by atoms with E-state index in [0.29, 0.717) is 0 Å². The van der Waals surface area contributed by atoms with E-state index in [0.717, 1.165) is 18.4 Å². The molecule has 0 atom stereocenters. The molecule has 1 N–H and O–H groups in total. The fraction of sp³-hybridized carbons (Fsp3) is 0.333. The zero-order chi connectivity index (χ0) is 10.6. The molecule has 0 bridgehead atoms. The summed E-state index contributed by atoms with van der Waals surface area (Å²) >= 11 is 0. The van der Waals surface area contributed by atoms with Gasteiger partial charge in [0.1, 0.15) is 5.75 Å². The van der Waals surface area contributed by atoms with E-state index in [1.807, 2.05) is 13.0 Å². The summed E-state index contributed by atoms with van der Waals surface area (Å²) in [6.07, 6.45) is 1.82. The minimum absolute atomic E-state index is 0.137. The molecule has 1 aromatic carbocycles. The van der Waals surface area contributed by atoms with Gasteiger partial charge in [0.25, 0.3) is 0 Å². The maximum Gasteiger partial charge on any atom is 0.446 e. The molecule has 0 aromatic heterocycles. The zero-order valence-corrected chi connectivity index (χ0v) is 8.62. The van der Waals surface area contributed by atoms with Crippen molar-refractivity contribution in [2.45, 2.75) is 19.8 Å². The molecule has 5 heteroatoms. The molecule has 0 saturated heterocycles. The average molecular weight is 216 g/mol. The second kappa shape index (κ2) is 4.43. The van der Waals surface area contributed by atoms with Crippen molar-refractivity contribution in [2.75, 3.05) is 0 Å². The Labute approximate surface area is 83.5 Å². The highest BCUT2D eigenvalue weighted by Crippen LogP contribution is 2.15. The van der Waals surface area contributed by atoms with Crippen molar-refractivity contribution in [1.29, 1.82) is 0 Å². The van der Waals surface area contributed by atoms with Crippen LogP contribution in [0.5, 0.6) is 5.75 Å². The lowest BCUT2D eigenvalue weighted by atomic mass is 10.1. The Morgan fingerprint density at radius 3 is 2.71 bits per heavy atom. The fourth-order valence-electron chi connectivity index (χ4n) is 1.16. The molecule has 0 spiro atoms. The van der Waals surface area contributed by atoms with Gasteiger partial charge in [-0.1, -0.05) is 25.5 Å². The Balaban J connectivity index is 2.83. The lowest BCUT2D eigenvalue weighted by molar-refractivity contribution is 0.386. The Morgan fingerprint density at radius 1 is 1.43 bits per heavy atom. The largest absolute Gasteiger partial charge is 0.446 e. The maximum absolute atomic E-state index is 10.4. The predicted molar refractivity (Wildman–Crippen MR) is 52.6 cm³/mol. The van der Waals surface area contributed by atoms with Crippen LogP contribution in [0.3, 0.4) is 0 Å². The van der Waals surface area contributed by atoms with Gasteiger partial charge >= 0.3 is 10.4 Å². The van der Waals surface area contributed by atoms with E-state index in [2.05, 4.69) is 4.18 Å². The van der Waals surface area contributed by atoms with E-state index < -0.39 is 10.4 Å². The molecular weight excluding hydrogens is 204 g/mol. The normalized spacial score (nSPS) is 11.3. The fourth-order valence-corrected chi connectivity index (χ4v) is 1.51. The van der Waals surface area contributed by atoms with Gasteiger partial charge in [-0.25, -0.2) is 0 Å². The van der Waals surface area contributed by atoms with Crippen molar-refractivity contribution in [3.8, 4) is 5.75 Å². The molecule has 4 nitrogen and oxygen atoms in total. The third kappa shape index (κ3) is 3.76. The first-order valence-corrected chi connectivity index (χ1v) is 5.63. The van der Waals surface area contributed by atoms with Crippen LogP contribution in [0, 0.1) is 0 Å². The monoisotopic (exact) mass is 216 g/mol. The minimum atomic E-state index is -4.41. The molecule has 1 aromatic rings. The predicted octanol–water partition coefficient (Wildman–Crippen LogP) is 1.82. The lowest BCUT2D eigenvalue weighted by Gasteiger charge is -2.03. The molecule has 0 aliphatic rings. The summed E-state index contributed by atoms with van der Waals surface area (Å²) in [4.78, 5) is 0. The Morgan fingerprint density at radius 2 is 2.14 bits per heavy atom. The topological polar surface area (TPSA) is 63.6 Å². The number of hydrogen-bond acceptors (Lipinski definition) is 3. The second-order valence-electron chi connectivity index (χ2n) is 2.91. The van der Waals surface area contributed by atoms with Gasteiger partial charge in [0.15, 0.2) is 0 Å². The molecular formula is C9H12O4S. The second-order valence-corrected chi connectivity index (χ2v) is 3.93. The summed E-state index contributed by atoms with van der Waals surface area (Å²) < 4.78 is 33.6. The van der Waals surface area contributed by atoms with Crippen molar-refractivity contribution < 1.29 is 17.2 Å². The molecule has 78 valence electrons. The molecule has 0 radical (unpaired) electrons. The highest BCUT2D eigenvalue weighted by molar-refractivity contribution is 7.81. The first kappa shape index (κ1) is 11.0. The van der Waals surface area contributed by atoms with Crippen molar-refractivity contribution in [1.82, 2.24) is 0 Å². The van der Waals surface area contributed by atoms with E-state index in [-0.39, 0.29) is 5.75 Å². The Hall–Kier alpha value is -1.07. The highest BCUT2D eigenvalue weighted by Gasteiger charge is 2.06. The quantitative estimate of drug-likeness (QED) is 0.780. The summed E-state index contributed by atoms with van der Waals surface area (Å²) in [5.74, 6) is 0.137. The van der Waals surface area contributed by atoms with Crippen molar-refractivity contribution >= 4 is 10.4 Å². The average Bonchev–Trinajstić information content (AvgIpc) is 2.02. The van der Waals surface area contributed by atoms with E-state index in [4.69, 9.17) is 4.55 Å². The third-order valence-electron chi connectivity index (χ3n) is 1.64. The van der Waals surface area contributed by atoms with Crippen molar-refractivity contribution in [3.05, 3.63) is 29.8 Å². The SMILES string of the molecule is CCCc1cccc(OS(=O)(=O)O)c1. The number of benzene rings is 1. The van der Waals surface area contributed by atoms with Gasteiger partial charge in [-0.15, -0.1) is 0 Å². The smallest absolute Gasteiger partial charge is 0.362 e. The van der Waals surface area contributed by atoms with E-state index >= 15 is 0 Å². The van der Waals surface area contributed by atoms with Gasteiger partial charge < -0.3 is 4.18 Å². The third-order valence-corrected chi connectivity index (χ3v) is 2.04. The molecule has 0 fully saturated rings. The van der Waals surface area contributed by atoms with Crippen molar-refractivity contribution in [3.63, 3.8) is 0 Å². The maximum atomic E-state index is 10.4. The van der Waals surface area contributed by atoms with Gasteiger partial charge in [-0.2, -0.15) is 8.42 Å². The molecule has 0 heterocycles. The van der Waals surface area contributed by atoms with Crippen LogP contribution in [0.2, 0.25) is 0 Å². The van der Waals surface area contributed by atoms with Crippen LogP contribution in [0.25, 0.3) is 0 Å². The highest BCUT2D eigenvalue weighted by atomic mass is 32.3. The molecule has 0 unspecified atom stereocenters. The molecule has 1 rings (SSSR count). The molecule has 0 saturated carbocycles. The van der Waals surface area contributed by atoms with E-state index in [1.54, 1.807) is 12.1 Å². The first-order chi connectivity index (χ1) is 6.51. The standard InChI is InChI=1S/C9H12O4S/c1-2-4-8-5-3-6-9(7-8)13-14(10,11)12/h3,5-7H,2,4H2,1H3,(H,10,11,12). The molecule has 0 amide bonds. The van der Waals surface area contributed by atoms with Crippen molar-refractivity contribution in [2.24, 2.45) is 0 Å². The molecule has 14 heavy (non-hydrogen) atoms. The summed E-state index contributed by atoms with van der Waals surface area (Å²) in [6.45, 7) is 2.02. The Kier molecular flexibility index (Phi) is 3.49. The number of rotatable bonds is 4. The minimum Gasteiger partial charge on any atom is -0.362 e. The Bertz CT molecular complexity index is 397.